The van der Waals surface area contributed by atoms with Gasteiger partial charge in [0.15, 0.2) is 0 Å². The van der Waals surface area contributed by atoms with Crippen molar-refractivity contribution >= 4 is 25.3 Å². The molecule has 0 unspecified atom stereocenters. The van der Waals surface area contributed by atoms with E-state index in [1.165, 1.54) is 55.6 Å². The second-order valence-electron chi connectivity index (χ2n) is 7.70. The molecule has 0 N–H and O–H groups in total. The van der Waals surface area contributed by atoms with E-state index in [2.05, 4.69) is 69.2 Å². The predicted octanol–water partition coefficient (Wildman–Crippen LogP) is 7.39. The summed E-state index contributed by atoms with van der Waals surface area (Å²) in [6.45, 7) is 22.0. The van der Waals surface area contributed by atoms with Gasteiger partial charge in [-0.05, 0) is 0 Å². The summed E-state index contributed by atoms with van der Waals surface area (Å²) in [7, 11) is 0. The SMILES string of the molecule is Cc1c(C)c(C)[c-](C)c1C.Cc1c(C)c(C)[c-](C)c1C.[Fe+2].[Fe+2].[S-]c1ccccc1[S-]. The maximum atomic E-state index is 4.85. The molecule has 4 heteroatoms. The number of rotatable bonds is 0. The fraction of sp³-hybridized carbons (Fsp3) is 0.385. The maximum absolute atomic E-state index is 4.85. The van der Waals surface area contributed by atoms with Gasteiger partial charge in [0, 0.05) is 0 Å². The minimum atomic E-state index is 0. The van der Waals surface area contributed by atoms with E-state index in [0.29, 0.717) is 0 Å². The van der Waals surface area contributed by atoms with Crippen LogP contribution in [0.2, 0.25) is 0 Å². The minimum absolute atomic E-state index is 0. The molecule has 0 aliphatic rings. The molecular formula is C26H34Fe2S2. The molecule has 0 heterocycles. The molecule has 3 aromatic carbocycles. The zero-order chi connectivity index (χ0) is 21.8. The van der Waals surface area contributed by atoms with E-state index in [9.17, 15) is 0 Å². The number of hydrogen-bond donors (Lipinski definition) is 0. The third-order valence-corrected chi connectivity index (χ3v) is 7.32. The van der Waals surface area contributed by atoms with Crippen molar-refractivity contribution in [3.63, 3.8) is 0 Å². The molecule has 0 bridgehead atoms. The van der Waals surface area contributed by atoms with Gasteiger partial charge in [-0.25, -0.2) is 0 Å². The smallest absolute Gasteiger partial charge is 0.781 e. The molecule has 0 nitrogen and oxygen atoms in total. The fourth-order valence-corrected chi connectivity index (χ4v) is 3.56. The second-order valence-corrected chi connectivity index (χ2v) is 8.58. The van der Waals surface area contributed by atoms with Crippen LogP contribution in [0.25, 0.3) is 0 Å². The Morgan fingerprint density at radius 2 is 0.700 bits per heavy atom. The molecule has 0 saturated heterocycles. The van der Waals surface area contributed by atoms with Crippen LogP contribution in [-0.2, 0) is 59.4 Å². The van der Waals surface area contributed by atoms with Crippen LogP contribution >= 0.6 is 0 Å². The summed E-state index contributed by atoms with van der Waals surface area (Å²) in [6, 6.07) is 7.44. The largest absolute Gasteiger partial charge is 2.00 e. The number of hydrogen-bond acceptors (Lipinski definition) is 2. The molecule has 3 aromatic rings. The average molecular weight is 522 g/mol. The zero-order valence-corrected chi connectivity index (χ0v) is 23.7. The van der Waals surface area contributed by atoms with Crippen LogP contribution in [0.1, 0.15) is 55.6 Å². The Bertz CT molecular complexity index is 709. The van der Waals surface area contributed by atoms with E-state index in [1.807, 2.05) is 24.3 Å². The van der Waals surface area contributed by atoms with Crippen molar-refractivity contribution in [1.82, 2.24) is 0 Å². The molecule has 166 valence electrons. The van der Waals surface area contributed by atoms with Gasteiger partial charge in [-0.1, -0.05) is 93.5 Å². The first-order chi connectivity index (χ1) is 12.9. The molecule has 0 radical (unpaired) electrons. The van der Waals surface area contributed by atoms with E-state index < -0.39 is 0 Å². The zero-order valence-electron chi connectivity index (χ0n) is 19.8. The minimum Gasteiger partial charge on any atom is -0.781 e. The van der Waals surface area contributed by atoms with Crippen LogP contribution in [0.15, 0.2) is 34.1 Å². The molecule has 0 spiro atoms. The summed E-state index contributed by atoms with van der Waals surface area (Å²) in [4.78, 5) is 1.53. The first-order valence-corrected chi connectivity index (χ1v) is 10.6. The first kappa shape index (κ1) is 31.6. The van der Waals surface area contributed by atoms with Crippen molar-refractivity contribution in [2.24, 2.45) is 0 Å². The first-order valence-electron chi connectivity index (χ1n) is 9.74. The molecule has 0 atom stereocenters. The standard InChI is InChI=1S/2C10H15.C6H6S2.2Fe/c2*1-6-7(2)9(4)10(5)8(6)3;7-5-3-1-2-4-6(5)8;;/h2*1-5H3;1-4,7-8H;;/q2*-1;;2*+2/p-2. The summed E-state index contributed by atoms with van der Waals surface area (Å²) in [5.74, 6) is 0. The molecule has 0 aliphatic carbocycles. The van der Waals surface area contributed by atoms with Gasteiger partial charge in [-0.15, -0.1) is 0 Å². The third-order valence-electron chi connectivity index (χ3n) is 6.47. The monoisotopic (exact) mass is 522 g/mol. The van der Waals surface area contributed by atoms with Crippen LogP contribution in [0.4, 0.5) is 0 Å². The molecule has 3 rings (SSSR count). The third kappa shape index (κ3) is 7.52. The summed E-state index contributed by atoms with van der Waals surface area (Å²) in [5, 5.41) is 0. The van der Waals surface area contributed by atoms with E-state index >= 15 is 0 Å². The Morgan fingerprint density at radius 3 is 0.800 bits per heavy atom. The number of benzene rings is 1. The van der Waals surface area contributed by atoms with Crippen molar-refractivity contribution in [1.29, 1.82) is 0 Å². The molecule has 0 amide bonds. The fourth-order valence-electron chi connectivity index (χ4n) is 3.26. The van der Waals surface area contributed by atoms with Crippen molar-refractivity contribution in [3.8, 4) is 0 Å². The maximum Gasteiger partial charge on any atom is 2.00 e. The summed E-state index contributed by atoms with van der Waals surface area (Å²) < 4.78 is 0. The van der Waals surface area contributed by atoms with Crippen molar-refractivity contribution in [2.45, 2.75) is 79.0 Å². The molecule has 0 fully saturated rings. The Labute approximate surface area is 217 Å². The van der Waals surface area contributed by atoms with Gasteiger partial charge < -0.3 is 25.3 Å². The quantitative estimate of drug-likeness (QED) is 0.172. The van der Waals surface area contributed by atoms with Crippen molar-refractivity contribution in [3.05, 3.63) is 79.9 Å². The molecule has 0 aliphatic heterocycles. The van der Waals surface area contributed by atoms with Gasteiger partial charge in [-0.2, -0.15) is 65.4 Å². The van der Waals surface area contributed by atoms with Gasteiger partial charge >= 0.3 is 34.1 Å². The summed E-state index contributed by atoms with van der Waals surface area (Å²) >= 11 is 9.70. The van der Waals surface area contributed by atoms with E-state index in [1.54, 1.807) is 0 Å². The van der Waals surface area contributed by atoms with Gasteiger partial charge in [0.1, 0.15) is 0 Å². The molecule has 0 saturated carbocycles. The van der Waals surface area contributed by atoms with E-state index in [0.717, 1.165) is 9.79 Å². The predicted molar refractivity (Wildman–Crippen MR) is 129 cm³/mol. The Hall–Kier alpha value is -0.601. The van der Waals surface area contributed by atoms with Crippen molar-refractivity contribution < 1.29 is 34.1 Å². The molecule has 0 aromatic heterocycles. The normalized spacial score (nSPS) is 9.40. The van der Waals surface area contributed by atoms with Crippen LogP contribution in [-0.4, -0.2) is 0 Å². The average Bonchev–Trinajstić information content (AvgIpc) is 2.95. The topological polar surface area (TPSA) is 0 Å². The van der Waals surface area contributed by atoms with E-state index in [4.69, 9.17) is 25.3 Å². The van der Waals surface area contributed by atoms with Gasteiger partial charge in [0.2, 0.25) is 0 Å². The van der Waals surface area contributed by atoms with Crippen LogP contribution in [0.3, 0.4) is 0 Å². The van der Waals surface area contributed by atoms with E-state index in [-0.39, 0.29) is 34.1 Å². The summed E-state index contributed by atoms with van der Waals surface area (Å²) in [5.41, 5.74) is 14.7. The van der Waals surface area contributed by atoms with Gasteiger partial charge in [0.25, 0.3) is 0 Å². The Balaban J connectivity index is 0. The van der Waals surface area contributed by atoms with Crippen LogP contribution in [0, 0.1) is 69.2 Å². The van der Waals surface area contributed by atoms with Gasteiger partial charge in [0.05, 0.1) is 0 Å². The Morgan fingerprint density at radius 1 is 0.500 bits per heavy atom. The summed E-state index contributed by atoms with van der Waals surface area (Å²) in [6.07, 6.45) is 0. The Kier molecular flexibility index (Phi) is 14.5. The van der Waals surface area contributed by atoms with Crippen LogP contribution < -0.4 is 0 Å². The molecule has 30 heavy (non-hydrogen) atoms. The van der Waals surface area contributed by atoms with Crippen LogP contribution in [0.5, 0.6) is 0 Å². The molecular weight excluding hydrogens is 488 g/mol. The van der Waals surface area contributed by atoms with Gasteiger partial charge in [-0.3, -0.25) is 0 Å². The van der Waals surface area contributed by atoms with Crippen molar-refractivity contribution in [2.75, 3.05) is 0 Å². The second kappa shape index (κ2) is 13.7.